The predicted molar refractivity (Wildman–Crippen MR) is 95.6 cm³/mol. The van der Waals surface area contributed by atoms with Crippen LogP contribution in [0.15, 0.2) is 47.0 Å². The van der Waals surface area contributed by atoms with Crippen LogP contribution in [-0.4, -0.2) is 16.0 Å². The first kappa shape index (κ1) is 18.7. The molecular weight excluding hydrogens is 352 g/mol. The zero-order valence-electron chi connectivity index (χ0n) is 14.8. The van der Waals surface area contributed by atoms with E-state index < -0.39 is 0 Å². The smallest absolute Gasteiger partial charge is 0.226 e. The average molecular weight is 371 g/mol. The summed E-state index contributed by atoms with van der Waals surface area (Å²) in [4.78, 5) is 16.2. The third-order valence-corrected chi connectivity index (χ3v) is 4.08. The summed E-state index contributed by atoms with van der Waals surface area (Å²) >= 11 is 0. The van der Waals surface area contributed by atoms with E-state index in [1.807, 2.05) is 0 Å². The SMILES string of the molecule is Cc1cc(CNC(=O)CCCc2nc(-c3ccc(F)cc3)no2)ccc1F. The second-order valence-corrected chi connectivity index (χ2v) is 6.23. The molecule has 140 valence electrons. The van der Waals surface area contributed by atoms with Crippen LogP contribution in [0.4, 0.5) is 8.78 Å². The van der Waals surface area contributed by atoms with Gasteiger partial charge in [-0.1, -0.05) is 17.3 Å². The largest absolute Gasteiger partial charge is 0.352 e. The zero-order chi connectivity index (χ0) is 19.2. The lowest BCUT2D eigenvalue weighted by Crippen LogP contribution is -2.22. The van der Waals surface area contributed by atoms with Crippen LogP contribution in [0.2, 0.25) is 0 Å². The van der Waals surface area contributed by atoms with Crippen molar-refractivity contribution in [3.63, 3.8) is 0 Å². The van der Waals surface area contributed by atoms with Crippen molar-refractivity contribution >= 4 is 5.91 Å². The molecule has 1 aromatic heterocycles. The van der Waals surface area contributed by atoms with Crippen molar-refractivity contribution in [1.82, 2.24) is 15.5 Å². The molecule has 0 aliphatic carbocycles. The van der Waals surface area contributed by atoms with E-state index in [1.165, 1.54) is 18.2 Å². The Balaban J connectivity index is 1.43. The van der Waals surface area contributed by atoms with Gasteiger partial charge in [-0.3, -0.25) is 4.79 Å². The second-order valence-electron chi connectivity index (χ2n) is 6.23. The van der Waals surface area contributed by atoms with Gasteiger partial charge in [-0.05, 0) is 54.8 Å². The fourth-order valence-corrected chi connectivity index (χ4v) is 2.58. The van der Waals surface area contributed by atoms with E-state index in [0.717, 1.165) is 5.56 Å². The first-order valence-electron chi connectivity index (χ1n) is 8.61. The Kier molecular flexibility index (Phi) is 5.90. The molecule has 3 rings (SSSR count). The molecule has 7 heteroatoms. The van der Waals surface area contributed by atoms with Crippen molar-refractivity contribution in [3.05, 3.63) is 71.1 Å². The summed E-state index contributed by atoms with van der Waals surface area (Å²) in [7, 11) is 0. The minimum absolute atomic E-state index is 0.102. The van der Waals surface area contributed by atoms with Crippen molar-refractivity contribution in [2.45, 2.75) is 32.7 Å². The minimum atomic E-state index is -0.329. The van der Waals surface area contributed by atoms with Gasteiger partial charge < -0.3 is 9.84 Å². The van der Waals surface area contributed by atoms with Gasteiger partial charge in [0.2, 0.25) is 17.6 Å². The molecule has 2 aromatic carbocycles. The number of aromatic nitrogens is 2. The number of halogens is 2. The predicted octanol–water partition coefficient (Wildman–Crippen LogP) is 3.96. The number of aryl methyl sites for hydroxylation is 2. The highest BCUT2D eigenvalue weighted by molar-refractivity contribution is 5.75. The lowest BCUT2D eigenvalue weighted by molar-refractivity contribution is -0.121. The van der Waals surface area contributed by atoms with E-state index in [0.29, 0.717) is 48.6 Å². The number of carbonyl (C=O) groups is 1. The van der Waals surface area contributed by atoms with Gasteiger partial charge in [-0.2, -0.15) is 4.98 Å². The third kappa shape index (κ3) is 5.20. The van der Waals surface area contributed by atoms with Crippen molar-refractivity contribution < 1.29 is 18.1 Å². The van der Waals surface area contributed by atoms with Crippen molar-refractivity contribution in [2.75, 3.05) is 0 Å². The summed E-state index contributed by atoms with van der Waals surface area (Å²) in [6.07, 6.45) is 1.34. The molecule has 1 N–H and O–H groups in total. The van der Waals surface area contributed by atoms with Gasteiger partial charge in [0.15, 0.2) is 0 Å². The Morgan fingerprint density at radius 1 is 1.15 bits per heavy atom. The number of benzene rings is 2. The highest BCUT2D eigenvalue weighted by atomic mass is 19.1. The van der Waals surface area contributed by atoms with E-state index in [1.54, 1.807) is 31.2 Å². The number of hydrogen-bond donors (Lipinski definition) is 1. The average Bonchev–Trinajstić information content (AvgIpc) is 3.12. The molecule has 0 aliphatic heterocycles. The molecule has 0 fully saturated rings. The van der Waals surface area contributed by atoms with Crippen molar-refractivity contribution in [1.29, 1.82) is 0 Å². The zero-order valence-corrected chi connectivity index (χ0v) is 14.8. The molecule has 0 saturated heterocycles. The summed E-state index contributed by atoms with van der Waals surface area (Å²) in [5.74, 6) is 0.126. The van der Waals surface area contributed by atoms with Crippen LogP contribution in [0.5, 0.6) is 0 Å². The molecule has 27 heavy (non-hydrogen) atoms. The lowest BCUT2D eigenvalue weighted by Gasteiger charge is -2.06. The topological polar surface area (TPSA) is 68.0 Å². The van der Waals surface area contributed by atoms with Gasteiger partial charge in [-0.25, -0.2) is 8.78 Å². The monoisotopic (exact) mass is 371 g/mol. The summed E-state index contributed by atoms with van der Waals surface area (Å²) in [6, 6.07) is 10.6. The Morgan fingerprint density at radius 2 is 1.93 bits per heavy atom. The van der Waals surface area contributed by atoms with Gasteiger partial charge in [0, 0.05) is 24.9 Å². The van der Waals surface area contributed by atoms with Crippen LogP contribution in [0.1, 0.15) is 29.9 Å². The van der Waals surface area contributed by atoms with Gasteiger partial charge in [0.05, 0.1) is 0 Å². The van der Waals surface area contributed by atoms with Crippen LogP contribution in [0, 0.1) is 18.6 Å². The molecule has 0 spiro atoms. The first-order valence-corrected chi connectivity index (χ1v) is 8.61. The highest BCUT2D eigenvalue weighted by Gasteiger charge is 2.10. The van der Waals surface area contributed by atoms with Gasteiger partial charge >= 0.3 is 0 Å². The number of nitrogens with zero attached hydrogens (tertiary/aromatic N) is 2. The van der Waals surface area contributed by atoms with Gasteiger partial charge in [0.25, 0.3) is 0 Å². The molecule has 0 unspecified atom stereocenters. The second kappa shape index (κ2) is 8.53. The summed E-state index contributed by atoms with van der Waals surface area (Å²) in [5, 5.41) is 6.67. The van der Waals surface area contributed by atoms with E-state index in [2.05, 4.69) is 15.5 Å². The van der Waals surface area contributed by atoms with Crippen molar-refractivity contribution in [3.8, 4) is 11.4 Å². The number of amides is 1. The molecular formula is C20H19F2N3O2. The number of nitrogens with one attached hydrogen (secondary N) is 1. The lowest BCUT2D eigenvalue weighted by atomic mass is 10.1. The molecule has 1 amide bonds. The molecule has 5 nitrogen and oxygen atoms in total. The first-order chi connectivity index (χ1) is 13.0. The van der Waals surface area contributed by atoms with Crippen LogP contribution >= 0.6 is 0 Å². The standard InChI is InChI=1S/C20H19F2N3O2/c1-13-11-14(5-10-17(13)22)12-23-18(26)3-2-4-19-24-20(25-27-19)15-6-8-16(21)9-7-15/h5-11H,2-4,12H2,1H3,(H,23,26). The van der Waals surface area contributed by atoms with E-state index >= 15 is 0 Å². The van der Waals surface area contributed by atoms with Crippen LogP contribution in [-0.2, 0) is 17.8 Å². The van der Waals surface area contributed by atoms with Crippen LogP contribution in [0.25, 0.3) is 11.4 Å². The minimum Gasteiger partial charge on any atom is -0.352 e. The Bertz CT molecular complexity index is 923. The number of hydrogen-bond acceptors (Lipinski definition) is 4. The van der Waals surface area contributed by atoms with Crippen LogP contribution in [0.3, 0.4) is 0 Å². The number of carbonyl (C=O) groups excluding carboxylic acids is 1. The fraction of sp³-hybridized carbons (Fsp3) is 0.250. The Hall–Kier alpha value is -3.09. The summed E-state index contributed by atoms with van der Waals surface area (Å²) in [6.45, 7) is 2.04. The molecule has 0 bridgehead atoms. The third-order valence-electron chi connectivity index (χ3n) is 4.08. The maximum Gasteiger partial charge on any atom is 0.226 e. The molecule has 0 saturated carbocycles. The highest BCUT2D eigenvalue weighted by Crippen LogP contribution is 2.17. The summed E-state index contributed by atoms with van der Waals surface area (Å²) < 4.78 is 31.3. The van der Waals surface area contributed by atoms with E-state index in [4.69, 9.17) is 4.52 Å². The van der Waals surface area contributed by atoms with E-state index in [9.17, 15) is 13.6 Å². The van der Waals surface area contributed by atoms with Gasteiger partial charge in [-0.15, -0.1) is 0 Å². The van der Waals surface area contributed by atoms with Gasteiger partial charge in [0.1, 0.15) is 11.6 Å². The molecule has 1 heterocycles. The maximum atomic E-state index is 13.2. The molecule has 3 aromatic rings. The van der Waals surface area contributed by atoms with Crippen LogP contribution < -0.4 is 5.32 Å². The van der Waals surface area contributed by atoms with Crippen molar-refractivity contribution in [2.24, 2.45) is 0 Å². The Morgan fingerprint density at radius 3 is 2.67 bits per heavy atom. The normalized spacial score (nSPS) is 10.8. The molecule has 0 atom stereocenters. The summed E-state index contributed by atoms with van der Waals surface area (Å²) in [5.41, 5.74) is 2.07. The Labute approximate surface area is 155 Å². The fourth-order valence-electron chi connectivity index (χ4n) is 2.58. The number of rotatable bonds is 7. The van der Waals surface area contributed by atoms with E-state index in [-0.39, 0.29) is 17.5 Å². The maximum absolute atomic E-state index is 13.2. The molecule has 0 radical (unpaired) electrons. The quantitative estimate of drug-likeness (QED) is 0.683. The molecule has 0 aliphatic rings.